The number of aliphatic hydroxyl groups excluding tert-OH is 1. The van der Waals surface area contributed by atoms with Crippen molar-refractivity contribution in [3.8, 4) is 0 Å². The smallest absolute Gasteiger partial charge is 0.210 e. The lowest BCUT2D eigenvalue weighted by molar-refractivity contribution is 0.264. The first-order valence-corrected chi connectivity index (χ1v) is 4.10. The van der Waals surface area contributed by atoms with Gasteiger partial charge < -0.3 is 5.11 Å². The van der Waals surface area contributed by atoms with Crippen LogP contribution >= 0.6 is 0 Å². The first-order chi connectivity index (χ1) is 4.06. The van der Waals surface area contributed by atoms with Gasteiger partial charge in [-0.25, -0.2) is 13.6 Å². The van der Waals surface area contributed by atoms with E-state index in [1.54, 1.807) is 0 Å². The highest BCUT2D eigenvalue weighted by Crippen LogP contribution is 1.72. The molecule has 0 aliphatic rings. The summed E-state index contributed by atoms with van der Waals surface area (Å²) >= 11 is 0. The minimum atomic E-state index is -3.37. The normalized spacial score (nSPS) is 11.8. The number of aliphatic hydroxyl groups is 1. The molecule has 0 saturated carbocycles. The molecule has 0 aromatic carbocycles. The van der Waals surface area contributed by atoms with E-state index in [4.69, 9.17) is 5.11 Å². The second kappa shape index (κ2) is 3.78. The summed E-state index contributed by atoms with van der Waals surface area (Å²) in [5.74, 6) is -0.145. The second-order valence-electron chi connectivity index (χ2n) is 1.53. The van der Waals surface area contributed by atoms with Gasteiger partial charge in [-0.05, 0) is 0 Å². The van der Waals surface area contributed by atoms with Crippen LogP contribution in [-0.4, -0.2) is 32.6 Å². The van der Waals surface area contributed by atoms with Gasteiger partial charge >= 0.3 is 0 Å². The fourth-order valence-electron chi connectivity index (χ4n) is 0.293. The van der Waals surface area contributed by atoms with Crippen molar-refractivity contribution < 1.29 is 13.5 Å². The van der Waals surface area contributed by atoms with Crippen LogP contribution in [0.1, 0.15) is 0 Å². The molecule has 0 bridgehead atoms. The van der Waals surface area contributed by atoms with Crippen molar-refractivity contribution in [2.24, 2.45) is 5.14 Å². The number of nitrogens with one attached hydrogen (secondary N) is 1. The van der Waals surface area contributed by atoms with E-state index in [1.807, 2.05) is 0 Å². The molecule has 0 rings (SSSR count). The van der Waals surface area contributed by atoms with E-state index >= 15 is 0 Å². The van der Waals surface area contributed by atoms with E-state index in [0.29, 0.717) is 0 Å². The standard InChI is InChI=1S/C3H10N2O3S/c4-9(7,8)2-1-5-3-6/h5-6H,1-3H2,(H2,4,7,8). The monoisotopic (exact) mass is 154 g/mol. The molecule has 5 nitrogen and oxygen atoms in total. The van der Waals surface area contributed by atoms with E-state index < -0.39 is 10.0 Å². The van der Waals surface area contributed by atoms with E-state index in [2.05, 4.69) is 10.5 Å². The molecule has 0 spiro atoms. The summed E-state index contributed by atoms with van der Waals surface area (Å²) in [7, 11) is -3.37. The summed E-state index contributed by atoms with van der Waals surface area (Å²) in [6.45, 7) is -0.0369. The Morgan fingerprint density at radius 2 is 2.11 bits per heavy atom. The van der Waals surface area contributed by atoms with Crippen LogP contribution in [0.2, 0.25) is 0 Å². The average molecular weight is 154 g/mol. The molecule has 9 heavy (non-hydrogen) atoms. The van der Waals surface area contributed by atoms with Gasteiger partial charge in [0.2, 0.25) is 10.0 Å². The minimum absolute atomic E-state index is 0.145. The highest BCUT2D eigenvalue weighted by molar-refractivity contribution is 7.89. The topological polar surface area (TPSA) is 92.4 Å². The van der Waals surface area contributed by atoms with Crippen LogP contribution in [0.3, 0.4) is 0 Å². The molecule has 0 aliphatic heterocycles. The highest BCUT2D eigenvalue weighted by Gasteiger charge is 1.99. The molecule has 6 heteroatoms. The van der Waals surface area contributed by atoms with Crippen LogP contribution in [-0.2, 0) is 10.0 Å². The van der Waals surface area contributed by atoms with Crippen LogP contribution in [0.15, 0.2) is 0 Å². The van der Waals surface area contributed by atoms with Gasteiger partial charge in [0.1, 0.15) is 0 Å². The van der Waals surface area contributed by atoms with Gasteiger partial charge in [0.15, 0.2) is 0 Å². The predicted octanol–water partition coefficient (Wildman–Crippen LogP) is -2.19. The van der Waals surface area contributed by atoms with Crippen LogP contribution < -0.4 is 10.5 Å². The molecular formula is C3H10N2O3S. The molecule has 0 fully saturated rings. The van der Waals surface area contributed by atoms with Gasteiger partial charge in [-0.1, -0.05) is 0 Å². The SMILES string of the molecule is NS(=O)(=O)CCNCO. The van der Waals surface area contributed by atoms with E-state index in [-0.39, 0.29) is 19.0 Å². The lowest BCUT2D eigenvalue weighted by Crippen LogP contribution is -2.27. The summed E-state index contributed by atoms with van der Waals surface area (Å²) in [4.78, 5) is 0. The van der Waals surface area contributed by atoms with E-state index in [9.17, 15) is 8.42 Å². The third-order valence-corrected chi connectivity index (χ3v) is 1.45. The molecule has 0 aromatic heterocycles. The van der Waals surface area contributed by atoms with Gasteiger partial charge in [-0.15, -0.1) is 0 Å². The Kier molecular flexibility index (Phi) is 3.71. The molecule has 4 N–H and O–H groups in total. The highest BCUT2D eigenvalue weighted by atomic mass is 32.2. The molecular weight excluding hydrogens is 144 g/mol. The van der Waals surface area contributed by atoms with Crippen molar-refractivity contribution in [2.75, 3.05) is 19.0 Å². The van der Waals surface area contributed by atoms with Crippen molar-refractivity contribution in [1.29, 1.82) is 0 Å². The Morgan fingerprint density at radius 3 is 2.44 bits per heavy atom. The van der Waals surface area contributed by atoms with Gasteiger partial charge in [0.05, 0.1) is 12.5 Å². The van der Waals surface area contributed by atoms with Crippen LogP contribution in [0.25, 0.3) is 0 Å². The van der Waals surface area contributed by atoms with Gasteiger partial charge in [0.25, 0.3) is 0 Å². The maximum Gasteiger partial charge on any atom is 0.210 e. The van der Waals surface area contributed by atoms with Crippen LogP contribution in [0.5, 0.6) is 0 Å². The Labute approximate surface area is 53.9 Å². The summed E-state index contributed by atoms with van der Waals surface area (Å²) < 4.78 is 20.3. The lowest BCUT2D eigenvalue weighted by atomic mass is 10.8. The predicted molar refractivity (Wildman–Crippen MR) is 33.1 cm³/mol. The zero-order valence-corrected chi connectivity index (χ0v) is 5.69. The third kappa shape index (κ3) is 7.83. The Balaban J connectivity index is 3.30. The van der Waals surface area contributed by atoms with Crippen molar-refractivity contribution in [2.45, 2.75) is 0 Å². The largest absolute Gasteiger partial charge is 0.381 e. The summed E-state index contributed by atoms with van der Waals surface area (Å²) in [6.07, 6.45) is 0. The van der Waals surface area contributed by atoms with Gasteiger partial charge in [0, 0.05) is 6.54 Å². The summed E-state index contributed by atoms with van der Waals surface area (Å²) in [5.41, 5.74) is 0. The van der Waals surface area contributed by atoms with Crippen molar-refractivity contribution >= 4 is 10.0 Å². The number of rotatable bonds is 4. The summed E-state index contributed by atoms with van der Waals surface area (Å²) in [6, 6.07) is 0. The Hall–Kier alpha value is -0.170. The number of nitrogens with two attached hydrogens (primary N) is 1. The molecule has 0 saturated heterocycles. The fourth-order valence-corrected chi connectivity index (χ4v) is 0.722. The van der Waals surface area contributed by atoms with E-state index in [1.165, 1.54) is 0 Å². The number of hydrogen-bond donors (Lipinski definition) is 3. The quantitative estimate of drug-likeness (QED) is 0.317. The summed E-state index contributed by atoms with van der Waals surface area (Å²) in [5, 5.41) is 15.1. The molecule has 56 valence electrons. The Morgan fingerprint density at radius 1 is 1.56 bits per heavy atom. The van der Waals surface area contributed by atoms with Crippen molar-refractivity contribution in [3.63, 3.8) is 0 Å². The number of hydrogen-bond acceptors (Lipinski definition) is 4. The molecule has 0 amide bonds. The van der Waals surface area contributed by atoms with Crippen LogP contribution in [0, 0.1) is 0 Å². The zero-order valence-electron chi connectivity index (χ0n) is 4.87. The minimum Gasteiger partial charge on any atom is -0.381 e. The van der Waals surface area contributed by atoms with Crippen molar-refractivity contribution in [3.05, 3.63) is 0 Å². The maximum absolute atomic E-state index is 10.2. The third-order valence-electron chi connectivity index (χ3n) is 0.675. The number of primary sulfonamides is 1. The lowest BCUT2D eigenvalue weighted by Gasteiger charge is -1.96. The van der Waals surface area contributed by atoms with E-state index in [0.717, 1.165) is 0 Å². The van der Waals surface area contributed by atoms with Gasteiger partial charge in [-0.2, -0.15) is 0 Å². The molecule has 0 aromatic rings. The van der Waals surface area contributed by atoms with Gasteiger partial charge in [-0.3, -0.25) is 5.32 Å². The average Bonchev–Trinajstić information content (AvgIpc) is 1.63. The zero-order chi connectivity index (χ0) is 7.33. The van der Waals surface area contributed by atoms with Crippen LogP contribution in [0.4, 0.5) is 0 Å². The number of sulfonamides is 1. The fraction of sp³-hybridized carbons (Fsp3) is 1.00. The molecule has 0 radical (unpaired) electrons. The maximum atomic E-state index is 10.2. The molecule has 0 atom stereocenters. The first kappa shape index (κ1) is 8.83. The molecule has 0 unspecified atom stereocenters. The molecule has 0 heterocycles. The Bertz CT molecular complexity index is 152. The molecule has 0 aliphatic carbocycles. The second-order valence-corrected chi connectivity index (χ2v) is 3.26. The van der Waals surface area contributed by atoms with Crippen molar-refractivity contribution in [1.82, 2.24) is 5.32 Å². The first-order valence-electron chi connectivity index (χ1n) is 2.38.